The fourth-order valence-corrected chi connectivity index (χ4v) is 3.29. The third-order valence-corrected chi connectivity index (χ3v) is 5.06. The number of hydrogen-bond acceptors (Lipinski definition) is 3. The summed E-state index contributed by atoms with van der Waals surface area (Å²) in [5.41, 5.74) is 0.852. The van der Waals surface area contributed by atoms with Crippen LogP contribution in [0.5, 0.6) is 5.75 Å². The second kappa shape index (κ2) is 7.86. The molecule has 144 valence electrons. The van der Waals surface area contributed by atoms with Crippen molar-refractivity contribution in [3.05, 3.63) is 29.8 Å². The van der Waals surface area contributed by atoms with E-state index in [1.54, 1.807) is 12.1 Å². The summed E-state index contributed by atoms with van der Waals surface area (Å²) in [6.07, 6.45) is 0.771. The minimum atomic E-state index is -4.68. The number of halogens is 3. The van der Waals surface area contributed by atoms with E-state index >= 15 is 0 Å². The van der Waals surface area contributed by atoms with Crippen LogP contribution < -0.4 is 10.1 Å². The number of benzene rings is 1. The van der Waals surface area contributed by atoms with E-state index in [1.165, 1.54) is 37.8 Å². The molecule has 1 amide bonds. The van der Waals surface area contributed by atoms with Gasteiger partial charge in [-0.1, -0.05) is 12.1 Å². The molecule has 2 saturated carbocycles. The molecule has 0 aliphatic heterocycles. The molecule has 0 saturated heterocycles. The van der Waals surface area contributed by atoms with Crippen molar-refractivity contribution in [3.8, 4) is 5.75 Å². The number of hydrogen-bond donors (Lipinski definition) is 1. The van der Waals surface area contributed by atoms with Gasteiger partial charge in [0.1, 0.15) is 5.75 Å². The fourth-order valence-electron chi connectivity index (χ4n) is 3.29. The molecule has 0 radical (unpaired) electrons. The lowest BCUT2D eigenvalue weighted by Crippen LogP contribution is -2.44. The van der Waals surface area contributed by atoms with Crippen LogP contribution in [-0.4, -0.2) is 42.3 Å². The maximum Gasteiger partial charge on any atom is 0.573 e. The van der Waals surface area contributed by atoms with Crippen LogP contribution in [0.25, 0.3) is 0 Å². The summed E-state index contributed by atoms with van der Waals surface area (Å²) >= 11 is 0. The lowest BCUT2D eigenvalue weighted by atomic mass is 10.1. The Kier molecular flexibility index (Phi) is 5.75. The van der Waals surface area contributed by atoms with Gasteiger partial charge < -0.3 is 10.1 Å². The van der Waals surface area contributed by atoms with Crippen molar-refractivity contribution < 1.29 is 22.7 Å². The van der Waals surface area contributed by atoms with Crippen molar-refractivity contribution in [1.82, 2.24) is 10.2 Å². The van der Waals surface area contributed by atoms with Crippen LogP contribution in [-0.2, 0) is 11.2 Å². The van der Waals surface area contributed by atoms with Gasteiger partial charge in [-0.05, 0) is 62.6 Å². The number of ether oxygens (including phenoxy) is 1. The molecule has 2 aliphatic rings. The first-order valence-electron chi connectivity index (χ1n) is 9.19. The van der Waals surface area contributed by atoms with Gasteiger partial charge in [-0.25, -0.2) is 0 Å². The van der Waals surface area contributed by atoms with Crippen LogP contribution in [0.2, 0.25) is 0 Å². The van der Waals surface area contributed by atoms with Crippen LogP contribution in [0.15, 0.2) is 24.3 Å². The molecule has 1 aromatic rings. The van der Waals surface area contributed by atoms with Crippen LogP contribution >= 0.6 is 0 Å². The number of nitrogens with zero attached hydrogens (tertiary/aromatic N) is 1. The summed E-state index contributed by atoms with van der Waals surface area (Å²) in [4.78, 5) is 14.6. The average Bonchev–Trinajstić information content (AvgIpc) is 3.45. The molecule has 0 spiro atoms. The number of nitrogens with one attached hydrogen (secondary N) is 1. The molecular formula is C19H25F3N2O2. The van der Waals surface area contributed by atoms with E-state index < -0.39 is 6.36 Å². The van der Waals surface area contributed by atoms with Gasteiger partial charge in [0, 0.05) is 18.6 Å². The third-order valence-electron chi connectivity index (χ3n) is 5.06. The van der Waals surface area contributed by atoms with Crippen LogP contribution in [0, 0.1) is 5.92 Å². The summed E-state index contributed by atoms with van der Waals surface area (Å²) in [6, 6.07) is 6.76. The lowest BCUT2D eigenvalue weighted by molar-refractivity contribution is -0.274. The zero-order valence-corrected chi connectivity index (χ0v) is 14.9. The number of alkyl halides is 3. The largest absolute Gasteiger partial charge is 0.573 e. The summed E-state index contributed by atoms with van der Waals surface area (Å²) in [5, 5.41) is 2.92. The molecule has 4 nitrogen and oxygen atoms in total. The molecule has 2 aliphatic carbocycles. The Morgan fingerprint density at radius 2 is 1.88 bits per heavy atom. The summed E-state index contributed by atoms with van der Waals surface area (Å²) < 4.78 is 40.2. The van der Waals surface area contributed by atoms with Gasteiger partial charge in [0.2, 0.25) is 5.91 Å². The van der Waals surface area contributed by atoms with Gasteiger partial charge in [0.25, 0.3) is 0 Å². The van der Waals surface area contributed by atoms with Gasteiger partial charge in [0.05, 0.1) is 6.54 Å². The Morgan fingerprint density at radius 1 is 1.23 bits per heavy atom. The van der Waals surface area contributed by atoms with E-state index in [0.29, 0.717) is 31.6 Å². The SMILES string of the molecule is CC(C1CC1)N(CC(=O)NCCc1ccc(OC(F)(F)F)cc1)C1CC1. The minimum Gasteiger partial charge on any atom is -0.406 e. The standard InChI is InChI=1S/C19H25F3N2O2/c1-13(15-4-5-15)24(16-6-7-16)12-18(25)23-11-10-14-2-8-17(9-3-14)26-19(20,21)22/h2-3,8-9,13,15-16H,4-7,10-12H2,1H3,(H,23,25). The highest BCUT2D eigenvalue weighted by molar-refractivity contribution is 5.78. The Balaban J connectivity index is 1.40. The van der Waals surface area contributed by atoms with Crippen LogP contribution in [0.3, 0.4) is 0 Å². The zero-order chi connectivity index (χ0) is 18.7. The molecule has 0 bridgehead atoms. The number of rotatable bonds is 9. The maximum atomic E-state index is 12.2. The molecule has 26 heavy (non-hydrogen) atoms. The van der Waals surface area contributed by atoms with Gasteiger partial charge in [0.15, 0.2) is 0 Å². The van der Waals surface area contributed by atoms with Gasteiger partial charge in [-0.3, -0.25) is 9.69 Å². The molecule has 7 heteroatoms. The Hall–Kier alpha value is -1.76. The zero-order valence-electron chi connectivity index (χ0n) is 14.9. The summed E-state index contributed by atoms with van der Waals surface area (Å²) in [6.45, 7) is 3.11. The first-order valence-corrected chi connectivity index (χ1v) is 9.19. The topological polar surface area (TPSA) is 41.6 Å². The molecule has 1 N–H and O–H groups in total. The van der Waals surface area contributed by atoms with Crippen molar-refractivity contribution in [2.24, 2.45) is 5.92 Å². The van der Waals surface area contributed by atoms with E-state index in [4.69, 9.17) is 0 Å². The van der Waals surface area contributed by atoms with Crippen molar-refractivity contribution in [3.63, 3.8) is 0 Å². The van der Waals surface area contributed by atoms with E-state index in [2.05, 4.69) is 21.9 Å². The number of carbonyl (C=O) groups excluding carboxylic acids is 1. The molecule has 1 atom stereocenters. The molecule has 0 aromatic heterocycles. The van der Waals surface area contributed by atoms with E-state index in [9.17, 15) is 18.0 Å². The van der Waals surface area contributed by atoms with E-state index in [0.717, 1.165) is 11.5 Å². The molecule has 1 unspecified atom stereocenters. The fraction of sp³-hybridized carbons (Fsp3) is 0.632. The molecule has 2 fully saturated rings. The van der Waals surface area contributed by atoms with Gasteiger partial charge in [-0.2, -0.15) is 0 Å². The first-order chi connectivity index (χ1) is 12.3. The van der Waals surface area contributed by atoms with E-state index in [-0.39, 0.29) is 11.7 Å². The quantitative estimate of drug-likeness (QED) is 0.723. The second-order valence-electron chi connectivity index (χ2n) is 7.27. The number of amides is 1. The lowest BCUT2D eigenvalue weighted by Gasteiger charge is -2.28. The van der Waals surface area contributed by atoms with Gasteiger partial charge in [-0.15, -0.1) is 13.2 Å². The maximum absolute atomic E-state index is 12.2. The normalized spacial score (nSPS) is 18.7. The monoisotopic (exact) mass is 370 g/mol. The molecule has 3 rings (SSSR count). The summed E-state index contributed by atoms with van der Waals surface area (Å²) in [5.74, 6) is 0.515. The highest BCUT2D eigenvalue weighted by Crippen LogP contribution is 2.39. The summed E-state index contributed by atoms with van der Waals surface area (Å²) in [7, 11) is 0. The van der Waals surface area contributed by atoms with Crippen LogP contribution in [0.1, 0.15) is 38.2 Å². The Labute approximate surface area is 151 Å². The highest BCUT2D eigenvalue weighted by atomic mass is 19.4. The predicted octanol–water partition coefficient (Wildman–Crippen LogP) is 3.51. The molecular weight excluding hydrogens is 345 g/mol. The van der Waals surface area contributed by atoms with Crippen molar-refractivity contribution in [2.45, 2.75) is 57.5 Å². The minimum absolute atomic E-state index is 0.0152. The van der Waals surface area contributed by atoms with Crippen molar-refractivity contribution in [2.75, 3.05) is 13.1 Å². The second-order valence-corrected chi connectivity index (χ2v) is 7.27. The van der Waals surface area contributed by atoms with Gasteiger partial charge >= 0.3 is 6.36 Å². The smallest absolute Gasteiger partial charge is 0.406 e. The molecule has 1 aromatic carbocycles. The molecule has 0 heterocycles. The van der Waals surface area contributed by atoms with Crippen molar-refractivity contribution in [1.29, 1.82) is 0 Å². The first kappa shape index (κ1) is 19.0. The predicted molar refractivity (Wildman–Crippen MR) is 91.8 cm³/mol. The highest BCUT2D eigenvalue weighted by Gasteiger charge is 2.39. The Morgan fingerprint density at radius 3 is 2.42 bits per heavy atom. The number of carbonyl (C=O) groups is 1. The van der Waals surface area contributed by atoms with E-state index in [1.807, 2.05) is 0 Å². The van der Waals surface area contributed by atoms with Crippen LogP contribution in [0.4, 0.5) is 13.2 Å². The average molecular weight is 370 g/mol. The Bertz CT molecular complexity index is 610. The third kappa shape index (κ3) is 5.90. The van der Waals surface area contributed by atoms with Crippen molar-refractivity contribution >= 4 is 5.91 Å².